The van der Waals surface area contributed by atoms with Crippen LogP contribution in [0.5, 0.6) is 0 Å². The van der Waals surface area contributed by atoms with Crippen molar-refractivity contribution in [1.29, 1.82) is 0 Å². The Hall–Kier alpha value is -0.770. The van der Waals surface area contributed by atoms with Crippen molar-refractivity contribution in [2.75, 3.05) is 0 Å². The maximum absolute atomic E-state index is 5.38. The largest absolute Gasteiger partial charge is 0.350 e. The first-order valence-corrected chi connectivity index (χ1v) is 5.24. The molecular weight excluding hydrogens is 176 g/mol. The number of aliphatic imine (C=N–C) groups is 1. The van der Waals surface area contributed by atoms with Gasteiger partial charge in [-0.1, -0.05) is 13.3 Å². The Morgan fingerprint density at radius 2 is 2.00 bits per heavy atom. The van der Waals surface area contributed by atoms with Crippen LogP contribution in [0.3, 0.4) is 0 Å². The van der Waals surface area contributed by atoms with Crippen molar-refractivity contribution in [3.63, 3.8) is 0 Å². The van der Waals surface area contributed by atoms with E-state index in [9.17, 15) is 0 Å². The summed E-state index contributed by atoms with van der Waals surface area (Å²) in [5, 5.41) is 3.29. The molecule has 0 saturated carbocycles. The van der Waals surface area contributed by atoms with Gasteiger partial charge in [0.2, 0.25) is 5.96 Å². The molecule has 0 aliphatic heterocycles. The second kappa shape index (κ2) is 5.86. The summed E-state index contributed by atoms with van der Waals surface area (Å²) < 4.78 is 0. The van der Waals surface area contributed by atoms with E-state index in [2.05, 4.69) is 36.5 Å². The van der Waals surface area contributed by atoms with Crippen LogP contribution in [0, 0.1) is 0 Å². The third kappa shape index (κ3) is 5.80. The zero-order valence-electron chi connectivity index (χ0n) is 10.0. The molecule has 0 aromatic heterocycles. The van der Waals surface area contributed by atoms with Crippen LogP contribution in [-0.4, -0.2) is 17.5 Å². The number of hydrazine groups is 1. The van der Waals surface area contributed by atoms with Crippen LogP contribution in [-0.2, 0) is 0 Å². The van der Waals surface area contributed by atoms with Gasteiger partial charge < -0.3 is 5.32 Å². The van der Waals surface area contributed by atoms with Crippen molar-refractivity contribution in [2.45, 2.75) is 59.0 Å². The zero-order chi connectivity index (χ0) is 11.2. The lowest BCUT2D eigenvalue weighted by molar-refractivity contribution is 0.414. The number of nitrogens with two attached hydrogens (primary N) is 1. The molecule has 0 aliphatic carbocycles. The first kappa shape index (κ1) is 13.2. The number of rotatable bonds is 4. The molecule has 84 valence electrons. The molecule has 4 heteroatoms. The molecule has 0 aromatic carbocycles. The Morgan fingerprint density at radius 3 is 2.36 bits per heavy atom. The van der Waals surface area contributed by atoms with Crippen molar-refractivity contribution in [3.05, 3.63) is 0 Å². The molecule has 0 fully saturated rings. The predicted octanol–water partition coefficient (Wildman–Crippen LogP) is 1.38. The lowest BCUT2D eigenvalue weighted by atomic mass is 9.99. The van der Waals surface area contributed by atoms with Gasteiger partial charge in [0.05, 0.1) is 0 Å². The monoisotopic (exact) mass is 200 g/mol. The van der Waals surface area contributed by atoms with E-state index in [0.717, 1.165) is 12.8 Å². The average molecular weight is 200 g/mol. The molecule has 0 heterocycles. The van der Waals surface area contributed by atoms with E-state index in [0.29, 0.717) is 5.96 Å². The fraction of sp³-hybridized carbons (Fsp3) is 0.900. The molecule has 0 aromatic rings. The summed E-state index contributed by atoms with van der Waals surface area (Å²) in [7, 11) is 0. The maximum Gasteiger partial charge on any atom is 0.206 e. The fourth-order valence-corrected chi connectivity index (χ4v) is 1.37. The lowest BCUT2D eigenvalue weighted by Crippen LogP contribution is -2.51. The fourth-order valence-electron chi connectivity index (χ4n) is 1.37. The molecule has 4 nitrogen and oxygen atoms in total. The summed E-state index contributed by atoms with van der Waals surface area (Å²) in [5.74, 6) is 6.05. The quantitative estimate of drug-likeness (QED) is 0.278. The first-order chi connectivity index (χ1) is 6.41. The summed E-state index contributed by atoms with van der Waals surface area (Å²) in [4.78, 5) is 4.33. The summed E-state index contributed by atoms with van der Waals surface area (Å²) >= 11 is 0. The Kier molecular flexibility index (Phi) is 5.53. The van der Waals surface area contributed by atoms with Gasteiger partial charge in [0, 0.05) is 11.6 Å². The minimum Gasteiger partial charge on any atom is -0.350 e. The van der Waals surface area contributed by atoms with E-state index >= 15 is 0 Å². The number of hydrogen-bond donors (Lipinski definition) is 3. The van der Waals surface area contributed by atoms with Crippen molar-refractivity contribution < 1.29 is 0 Å². The van der Waals surface area contributed by atoms with Crippen molar-refractivity contribution >= 4 is 5.96 Å². The smallest absolute Gasteiger partial charge is 0.206 e. The molecule has 14 heavy (non-hydrogen) atoms. The van der Waals surface area contributed by atoms with E-state index in [1.807, 2.05) is 13.8 Å². The number of nitrogens with one attached hydrogen (secondary N) is 2. The Balaban J connectivity index is 4.30. The zero-order valence-corrected chi connectivity index (χ0v) is 10.0. The Bertz CT molecular complexity index is 185. The molecular formula is C10H24N4. The van der Waals surface area contributed by atoms with Gasteiger partial charge in [-0.25, -0.2) is 10.8 Å². The molecule has 4 N–H and O–H groups in total. The first-order valence-electron chi connectivity index (χ1n) is 5.24. The predicted molar refractivity (Wildman–Crippen MR) is 62.0 cm³/mol. The highest BCUT2D eigenvalue weighted by Gasteiger charge is 2.17. The molecule has 0 amide bonds. The van der Waals surface area contributed by atoms with Crippen LogP contribution >= 0.6 is 0 Å². The molecule has 0 spiro atoms. The van der Waals surface area contributed by atoms with E-state index in [1.165, 1.54) is 0 Å². The van der Waals surface area contributed by atoms with Crippen molar-refractivity contribution in [3.8, 4) is 0 Å². The normalized spacial score (nSPS) is 13.2. The van der Waals surface area contributed by atoms with Crippen LogP contribution in [0.2, 0.25) is 0 Å². The van der Waals surface area contributed by atoms with Crippen molar-refractivity contribution in [1.82, 2.24) is 10.7 Å². The van der Waals surface area contributed by atoms with Gasteiger partial charge in [0.1, 0.15) is 0 Å². The molecule has 0 unspecified atom stereocenters. The van der Waals surface area contributed by atoms with E-state index in [4.69, 9.17) is 5.84 Å². The minimum absolute atomic E-state index is 0.0366. The van der Waals surface area contributed by atoms with Crippen LogP contribution < -0.4 is 16.6 Å². The van der Waals surface area contributed by atoms with Crippen LogP contribution in [0.1, 0.15) is 47.5 Å². The molecule has 0 atom stereocenters. The van der Waals surface area contributed by atoms with Crippen LogP contribution in [0.15, 0.2) is 4.99 Å². The van der Waals surface area contributed by atoms with Gasteiger partial charge >= 0.3 is 0 Å². The minimum atomic E-state index is 0.0366. The Morgan fingerprint density at radius 1 is 1.43 bits per heavy atom. The van der Waals surface area contributed by atoms with Gasteiger partial charge in [0.25, 0.3) is 0 Å². The molecule has 0 aliphatic rings. The topological polar surface area (TPSA) is 62.4 Å². The summed E-state index contributed by atoms with van der Waals surface area (Å²) in [6.45, 7) is 10.5. The SMILES string of the molecule is CCCC(C)(C)NC(=NC(C)C)NN. The van der Waals surface area contributed by atoms with E-state index < -0.39 is 0 Å². The Labute approximate surface area is 87.3 Å². The van der Waals surface area contributed by atoms with Crippen molar-refractivity contribution in [2.24, 2.45) is 10.8 Å². The van der Waals surface area contributed by atoms with Gasteiger partial charge in [-0.2, -0.15) is 0 Å². The molecule has 0 radical (unpaired) electrons. The highest BCUT2D eigenvalue weighted by molar-refractivity contribution is 5.80. The van der Waals surface area contributed by atoms with Gasteiger partial charge in [-0.15, -0.1) is 0 Å². The second-order valence-electron chi connectivity index (χ2n) is 4.47. The van der Waals surface area contributed by atoms with Gasteiger partial charge in [0.15, 0.2) is 0 Å². The summed E-state index contributed by atoms with van der Waals surface area (Å²) in [5.41, 5.74) is 2.62. The van der Waals surface area contributed by atoms with Crippen LogP contribution in [0.4, 0.5) is 0 Å². The lowest BCUT2D eigenvalue weighted by Gasteiger charge is -2.27. The summed E-state index contributed by atoms with van der Waals surface area (Å²) in [6.07, 6.45) is 2.23. The van der Waals surface area contributed by atoms with Gasteiger partial charge in [-0.05, 0) is 34.1 Å². The second-order valence-corrected chi connectivity index (χ2v) is 4.47. The molecule has 0 rings (SSSR count). The third-order valence-electron chi connectivity index (χ3n) is 1.86. The number of guanidine groups is 1. The highest BCUT2D eigenvalue weighted by atomic mass is 15.3. The molecule has 0 bridgehead atoms. The van der Waals surface area contributed by atoms with Gasteiger partial charge in [-0.3, -0.25) is 5.43 Å². The maximum atomic E-state index is 5.38. The summed E-state index contributed by atoms with van der Waals surface area (Å²) in [6, 6.07) is 0.242. The highest BCUT2D eigenvalue weighted by Crippen LogP contribution is 2.10. The van der Waals surface area contributed by atoms with Crippen LogP contribution in [0.25, 0.3) is 0 Å². The number of hydrogen-bond acceptors (Lipinski definition) is 2. The van der Waals surface area contributed by atoms with E-state index in [1.54, 1.807) is 0 Å². The van der Waals surface area contributed by atoms with E-state index in [-0.39, 0.29) is 11.6 Å². The standard InChI is InChI=1S/C10H24N4/c1-6-7-10(4,5)13-9(14-11)12-8(2)3/h8H,6-7,11H2,1-5H3,(H2,12,13,14). The third-order valence-corrected chi connectivity index (χ3v) is 1.86. The number of nitrogens with zero attached hydrogens (tertiary/aromatic N) is 1. The average Bonchev–Trinajstić information content (AvgIpc) is 2.01. The molecule has 0 saturated heterocycles.